The zero-order valence-electron chi connectivity index (χ0n) is 29.0. The minimum Gasteiger partial charge on any atom is -0.293 e. The van der Waals surface area contributed by atoms with Gasteiger partial charge in [0.05, 0.1) is 15.7 Å². The van der Waals surface area contributed by atoms with E-state index in [1.807, 2.05) is 17.5 Å². The largest absolute Gasteiger partial charge is 0.293 e. The average molecular weight is 683 g/mol. The van der Waals surface area contributed by atoms with Crippen molar-refractivity contribution in [1.29, 1.82) is 0 Å². The molecule has 0 spiro atoms. The van der Waals surface area contributed by atoms with Gasteiger partial charge in [-0.15, -0.1) is 11.3 Å². The smallest absolute Gasteiger partial charge is 0.155 e. The molecule has 3 heterocycles. The van der Waals surface area contributed by atoms with E-state index in [1.54, 1.807) is 0 Å². The van der Waals surface area contributed by atoms with Gasteiger partial charge in [0.2, 0.25) is 0 Å². The van der Waals surface area contributed by atoms with E-state index in [1.165, 1.54) is 97.6 Å². The Morgan fingerprint density at radius 3 is 1.58 bits per heavy atom. The summed E-state index contributed by atoms with van der Waals surface area (Å²) in [7, 11) is 0. The number of fused-ring (bicyclic) bond motifs is 14. The van der Waals surface area contributed by atoms with Crippen LogP contribution in [0.15, 0.2) is 170 Å². The molecule has 0 fully saturated rings. The molecule has 11 rings (SSSR count). The molecule has 0 aliphatic heterocycles. The van der Waals surface area contributed by atoms with Gasteiger partial charge in [-0.25, -0.2) is 4.98 Å². The van der Waals surface area contributed by atoms with Crippen molar-refractivity contribution < 1.29 is 0 Å². The number of rotatable bonds is 1. The van der Waals surface area contributed by atoms with Gasteiger partial charge < -0.3 is 0 Å². The van der Waals surface area contributed by atoms with Crippen molar-refractivity contribution in [3.8, 4) is 50.3 Å². The van der Waals surface area contributed by atoms with Gasteiger partial charge in [0.25, 0.3) is 0 Å². The van der Waals surface area contributed by atoms with Crippen LogP contribution < -0.4 is 0 Å². The summed E-state index contributed by atoms with van der Waals surface area (Å²) in [5, 5.41) is 5.14. The molecule has 0 unspecified atom stereocenters. The zero-order valence-corrected chi connectivity index (χ0v) is 29.8. The predicted octanol–water partition coefficient (Wildman–Crippen LogP) is 13.8. The lowest BCUT2D eigenvalue weighted by Crippen LogP contribution is -1.97. The van der Waals surface area contributed by atoms with Crippen LogP contribution in [0.3, 0.4) is 0 Å². The van der Waals surface area contributed by atoms with E-state index in [2.05, 4.69) is 182 Å². The molecule has 1 aliphatic rings. The highest BCUT2D eigenvalue weighted by Gasteiger charge is 2.21. The maximum absolute atomic E-state index is 4.84. The number of benzene rings is 7. The summed E-state index contributed by atoms with van der Waals surface area (Å²) in [6.45, 7) is 4.32. The third-order valence-electron chi connectivity index (χ3n) is 10.4. The fourth-order valence-corrected chi connectivity index (χ4v) is 9.26. The second-order valence-corrected chi connectivity index (χ2v) is 14.7. The number of hydrogen-bond donors (Lipinski definition) is 0. The molecule has 7 aromatic carbocycles. The normalized spacial score (nSPS) is 11.7. The second kappa shape index (κ2) is 12.2. The van der Waals surface area contributed by atoms with Gasteiger partial charge >= 0.3 is 0 Å². The molecular formula is C49H34N2S. The summed E-state index contributed by atoms with van der Waals surface area (Å²) in [5.74, 6) is 1.02. The molecule has 2 nitrogen and oxygen atoms in total. The van der Waals surface area contributed by atoms with Crippen LogP contribution in [0.1, 0.15) is 11.1 Å². The number of hydrogen-bond acceptors (Lipinski definition) is 2. The number of para-hydroxylation sites is 1. The maximum atomic E-state index is 4.84. The van der Waals surface area contributed by atoms with Crippen LogP contribution in [0.5, 0.6) is 0 Å². The predicted molar refractivity (Wildman–Crippen MR) is 223 cm³/mol. The Morgan fingerprint density at radius 2 is 0.904 bits per heavy atom. The van der Waals surface area contributed by atoms with Crippen molar-refractivity contribution in [1.82, 2.24) is 9.55 Å². The first-order valence-electron chi connectivity index (χ1n) is 17.8. The average Bonchev–Trinajstić information content (AvgIpc) is 3.73. The van der Waals surface area contributed by atoms with E-state index in [0.29, 0.717) is 0 Å². The van der Waals surface area contributed by atoms with Crippen molar-refractivity contribution in [2.24, 2.45) is 0 Å². The monoisotopic (exact) mass is 682 g/mol. The minimum atomic E-state index is 1.02. The Bertz CT molecular complexity index is 2990. The maximum Gasteiger partial charge on any atom is 0.155 e. The van der Waals surface area contributed by atoms with Gasteiger partial charge in [-0.1, -0.05) is 145 Å². The van der Waals surface area contributed by atoms with Crippen molar-refractivity contribution >= 4 is 53.3 Å². The molecular weight excluding hydrogens is 649 g/mol. The number of thiophene rings is 1. The molecule has 3 heteroatoms. The van der Waals surface area contributed by atoms with Gasteiger partial charge in [-0.3, -0.25) is 4.57 Å². The lowest BCUT2D eigenvalue weighted by Gasteiger charge is -2.23. The van der Waals surface area contributed by atoms with Gasteiger partial charge in [0.1, 0.15) is 0 Å². The molecule has 0 bridgehead atoms. The first-order valence-corrected chi connectivity index (χ1v) is 18.6. The van der Waals surface area contributed by atoms with E-state index in [-0.39, 0.29) is 0 Å². The summed E-state index contributed by atoms with van der Waals surface area (Å²) in [4.78, 5) is 4.84. The van der Waals surface area contributed by atoms with Crippen molar-refractivity contribution in [3.63, 3.8) is 0 Å². The first kappa shape index (κ1) is 30.5. The minimum absolute atomic E-state index is 1.02. The summed E-state index contributed by atoms with van der Waals surface area (Å²) in [5.41, 5.74) is 15.4. The summed E-state index contributed by atoms with van der Waals surface area (Å²) >= 11 is 1.82. The van der Waals surface area contributed by atoms with Crippen LogP contribution >= 0.6 is 11.3 Å². The topological polar surface area (TPSA) is 17.8 Å². The SMILES string of the molecule is Cc1ccc2c(c1)-c1ccccc1-c1ccccc1-c1ccccc1-2.Cc1ccc2c(c1)c1ccccc1n2-c1nccc2c1sc1ccccc12. The van der Waals surface area contributed by atoms with Crippen LogP contribution in [0, 0.1) is 13.8 Å². The first-order chi connectivity index (χ1) is 25.6. The van der Waals surface area contributed by atoms with Gasteiger partial charge in [-0.2, -0.15) is 0 Å². The second-order valence-electron chi connectivity index (χ2n) is 13.7. The highest BCUT2D eigenvalue weighted by molar-refractivity contribution is 7.26. The molecule has 52 heavy (non-hydrogen) atoms. The molecule has 0 atom stereocenters. The molecule has 246 valence electrons. The highest BCUT2D eigenvalue weighted by atomic mass is 32.1. The Kier molecular flexibility index (Phi) is 7.16. The quantitative estimate of drug-likeness (QED) is 0.168. The number of pyridine rings is 1. The fraction of sp³-hybridized carbons (Fsp3) is 0.0408. The molecule has 3 aromatic heterocycles. The standard InChI is InChI=1S/C25H18.C24H16N2S/c1-17-14-15-24-22-12-5-4-10-20(22)18-8-2-3-9-19(18)21-11-6-7-13-23(21)25(24)16-17;1-15-10-11-21-19(14-15)16-6-2-4-8-20(16)26(21)24-23-18(12-13-25-24)17-7-3-5-9-22(17)27-23/h2-16H,1H3;2-14H,1H3. The molecule has 0 N–H and O–H groups in total. The number of aromatic nitrogens is 2. The van der Waals surface area contributed by atoms with E-state index < -0.39 is 0 Å². The van der Waals surface area contributed by atoms with Crippen molar-refractivity contribution in [3.05, 3.63) is 181 Å². The molecule has 1 aliphatic carbocycles. The Morgan fingerprint density at radius 1 is 0.404 bits per heavy atom. The summed E-state index contributed by atoms with van der Waals surface area (Å²) < 4.78 is 4.86. The van der Waals surface area contributed by atoms with Crippen LogP contribution in [-0.4, -0.2) is 9.55 Å². The lowest BCUT2D eigenvalue weighted by molar-refractivity contribution is 1.10. The fourth-order valence-electron chi connectivity index (χ4n) is 8.09. The summed E-state index contributed by atoms with van der Waals surface area (Å²) in [6.07, 6.45) is 1.94. The van der Waals surface area contributed by atoms with Crippen molar-refractivity contribution in [2.45, 2.75) is 13.8 Å². The third-order valence-corrected chi connectivity index (χ3v) is 11.6. The number of aryl methyl sites for hydroxylation is 2. The third kappa shape index (κ3) is 4.81. The van der Waals surface area contributed by atoms with Crippen molar-refractivity contribution in [2.75, 3.05) is 0 Å². The molecule has 10 aromatic rings. The van der Waals surface area contributed by atoms with Crippen LogP contribution in [0.25, 0.3) is 92.3 Å². The molecule has 0 saturated heterocycles. The summed E-state index contributed by atoms with van der Waals surface area (Å²) in [6, 6.07) is 59.1. The van der Waals surface area contributed by atoms with E-state index in [0.717, 1.165) is 5.82 Å². The Labute approximate surface area is 306 Å². The Balaban J connectivity index is 0.000000131. The van der Waals surface area contributed by atoms with Gasteiger partial charge in [-0.05, 0) is 88.7 Å². The number of nitrogens with zero attached hydrogens (tertiary/aromatic N) is 2. The van der Waals surface area contributed by atoms with Gasteiger partial charge in [0, 0.05) is 32.4 Å². The van der Waals surface area contributed by atoms with Crippen LogP contribution in [-0.2, 0) is 0 Å². The van der Waals surface area contributed by atoms with E-state index >= 15 is 0 Å². The Hall–Kier alpha value is -6.29. The van der Waals surface area contributed by atoms with Gasteiger partial charge in [0.15, 0.2) is 5.82 Å². The molecule has 0 saturated carbocycles. The molecule has 0 radical (unpaired) electrons. The van der Waals surface area contributed by atoms with Crippen LogP contribution in [0.2, 0.25) is 0 Å². The molecule has 0 amide bonds. The van der Waals surface area contributed by atoms with Crippen LogP contribution in [0.4, 0.5) is 0 Å². The van der Waals surface area contributed by atoms with E-state index in [4.69, 9.17) is 4.98 Å². The highest BCUT2D eigenvalue weighted by Crippen LogP contribution is 2.47. The lowest BCUT2D eigenvalue weighted by atomic mass is 9.80. The van der Waals surface area contributed by atoms with E-state index in [9.17, 15) is 0 Å². The zero-order chi connectivity index (χ0) is 34.8.